The first kappa shape index (κ1) is 18.0. The fraction of sp³-hybridized carbons (Fsp3) is 0.500. The molecule has 6 nitrogen and oxygen atoms in total. The van der Waals surface area contributed by atoms with E-state index in [-0.39, 0.29) is 13.6 Å². The average molecular weight is 410 g/mol. The van der Waals surface area contributed by atoms with E-state index in [9.17, 15) is 4.79 Å². The summed E-state index contributed by atoms with van der Waals surface area (Å²) >= 11 is 2.26. The van der Waals surface area contributed by atoms with E-state index in [1.54, 1.807) is 12.1 Å². The summed E-state index contributed by atoms with van der Waals surface area (Å²) in [5.74, 6) is 0.630. The van der Waals surface area contributed by atoms with Crippen LogP contribution in [0, 0.1) is 0 Å². The summed E-state index contributed by atoms with van der Waals surface area (Å²) in [4.78, 5) is 11.7. The molecule has 21 heavy (non-hydrogen) atoms. The molecular formula is C14H19IO6. The molecule has 0 bridgehead atoms. The molecule has 0 unspecified atom stereocenters. The summed E-state index contributed by atoms with van der Waals surface area (Å²) < 4.78 is 26.5. The smallest absolute Gasteiger partial charge is 0.338 e. The molecule has 0 atom stereocenters. The third-order valence-corrected chi connectivity index (χ3v) is 3.14. The van der Waals surface area contributed by atoms with Gasteiger partial charge in [0, 0.05) is 24.2 Å². The minimum absolute atomic E-state index is 0.0859. The first-order valence-electron chi connectivity index (χ1n) is 6.22. The van der Waals surface area contributed by atoms with Crippen LogP contribution in [0.3, 0.4) is 0 Å². The lowest BCUT2D eigenvalue weighted by Gasteiger charge is -2.16. The minimum Gasteiger partial charge on any atom is -0.467 e. The second-order valence-electron chi connectivity index (χ2n) is 3.98. The number of carbonyl (C=O) groups is 1. The van der Waals surface area contributed by atoms with Crippen molar-refractivity contribution in [3.63, 3.8) is 0 Å². The average Bonchev–Trinajstić information content (AvgIpc) is 2.51. The molecule has 0 N–H and O–H groups in total. The molecule has 1 aromatic carbocycles. The number of alkyl halides is 1. The van der Waals surface area contributed by atoms with Gasteiger partial charge in [-0.25, -0.2) is 4.79 Å². The lowest BCUT2D eigenvalue weighted by molar-refractivity contribution is 0.0438. The van der Waals surface area contributed by atoms with Gasteiger partial charge < -0.3 is 23.7 Å². The van der Waals surface area contributed by atoms with Gasteiger partial charge in [0.15, 0.2) is 13.6 Å². The summed E-state index contributed by atoms with van der Waals surface area (Å²) in [6.07, 6.45) is 0.736. The Balaban J connectivity index is 3.23. The maximum atomic E-state index is 11.7. The van der Waals surface area contributed by atoms with Crippen molar-refractivity contribution < 1.29 is 28.5 Å². The first-order valence-corrected chi connectivity index (χ1v) is 7.75. The first-order chi connectivity index (χ1) is 10.2. The van der Waals surface area contributed by atoms with E-state index in [0.29, 0.717) is 17.1 Å². The van der Waals surface area contributed by atoms with Crippen molar-refractivity contribution in [1.29, 1.82) is 0 Å². The monoisotopic (exact) mass is 410 g/mol. The highest BCUT2D eigenvalue weighted by Gasteiger charge is 2.17. The molecule has 7 heteroatoms. The van der Waals surface area contributed by atoms with E-state index >= 15 is 0 Å². The zero-order valence-corrected chi connectivity index (χ0v) is 14.5. The molecule has 0 heterocycles. The fourth-order valence-electron chi connectivity index (χ4n) is 1.70. The molecule has 0 aliphatic carbocycles. The molecule has 0 radical (unpaired) electrons. The van der Waals surface area contributed by atoms with Crippen molar-refractivity contribution in [2.24, 2.45) is 0 Å². The van der Waals surface area contributed by atoms with Gasteiger partial charge in [0.2, 0.25) is 0 Å². The molecule has 0 amide bonds. The molecule has 0 spiro atoms. The zero-order valence-electron chi connectivity index (χ0n) is 12.3. The molecular weight excluding hydrogens is 391 g/mol. The van der Waals surface area contributed by atoms with Crippen molar-refractivity contribution in [3.8, 4) is 11.5 Å². The van der Waals surface area contributed by atoms with Crippen LogP contribution in [-0.2, 0) is 20.6 Å². The van der Waals surface area contributed by atoms with E-state index in [1.807, 2.05) is 0 Å². The van der Waals surface area contributed by atoms with Crippen molar-refractivity contribution in [1.82, 2.24) is 0 Å². The number of esters is 1. The predicted octanol–water partition coefficient (Wildman–Crippen LogP) is 2.42. The van der Waals surface area contributed by atoms with Gasteiger partial charge in [-0.15, -0.1) is 0 Å². The van der Waals surface area contributed by atoms with Crippen LogP contribution in [0.25, 0.3) is 0 Å². The minimum atomic E-state index is -0.458. The molecule has 1 aromatic rings. The van der Waals surface area contributed by atoms with Gasteiger partial charge in [0.1, 0.15) is 11.5 Å². The fourth-order valence-corrected chi connectivity index (χ4v) is 2.24. The van der Waals surface area contributed by atoms with Gasteiger partial charge in [-0.2, -0.15) is 0 Å². The Morgan fingerprint density at radius 1 is 1.05 bits per heavy atom. The molecule has 0 aromatic heterocycles. The maximum absolute atomic E-state index is 11.7. The number of benzene rings is 1. The Morgan fingerprint density at radius 2 is 1.57 bits per heavy atom. The van der Waals surface area contributed by atoms with E-state index in [1.165, 1.54) is 21.3 Å². The van der Waals surface area contributed by atoms with Crippen molar-refractivity contribution >= 4 is 28.6 Å². The number of carbonyl (C=O) groups excluding carboxylic acids is 1. The molecule has 0 aliphatic heterocycles. The van der Waals surface area contributed by atoms with E-state index in [2.05, 4.69) is 22.6 Å². The summed E-state index contributed by atoms with van der Waals surface area (Å²) in [6.45, 7) is 0.172. The number of hydrogen-bond acceptors (Lipinski definition) is 6. The van der Waals surface area contributed by atoms with E-state index in [4.69, 9.17) is 23.7 Å². The van der Waals surface area contributed by atoms with Crippen molar-refractivity contribution in [3.05, 3.63) is 23.3 Å². The highest BCUT2D eigenvalue weighted by Crippen LogP contribution is 2.32. The molecule has 1 rings (SSSR count). The van der Waals surface area contributed by atoms with Gasteiger partial charge >= 0.3 is 5.97 Å². The van der Waals surface area contributed by atoms with Crippen molar-refractivity contribution in [2.75, 3.05) is 39.3 Å². The van der Waals surface area contributed by atoms with Gasteiger partial charge in [-0.05, 0) is 18.6 Å². The predicted molar refractivity (Wildman–Crippen MR) is 85.4 cm³/mol. The molecule has 0 fully saturated rings. The lowest BCUT2D eigenvalue weighted by atomic mass is 10.1. The zero-order chi connectivity index (χ0) is 15.7. The Hall–Kier alpha value is -1.06. The summed E-state index contributed by atoms with van der Waals surface area (Å²) in [5.41, 5.74) is 1.22. The van der Waals surface area contributed by atoms with Crippen LogP contribution in [0.2, 0.25) is 0 Å². The van der Waals surface area contributed by atoms with Gasteiger partial charge in [-0.1, -0.05) is 22.6 Å². The summed E-state index contributed by atoms with van der Waals surface area (Å²) in [7, 11) is 4.39. The SMILES string of the molecule is COCOc1cc(C(=O)OC)cc(OCOC)c1CCI. The lowest BCUT2D eigenvalue weighted by Crippen LogP contribution is -2.10. The number of ether oxygens (including phenoxy) is 5. The van der Waals surface area contributed by atoms with E-state index < -0.39 is 5.97 Å². The molecule has 0 aliphatic rings. The molecule has 0 saturated carbocycles. The Morgan fingerprint density at radius 3 is 1.95 bits per heavy atom. The highest BCUT2D eigenvalue weighted by molar-refractivity contribution is 14.1. The van der Waals surface area contributed by atoms with Gasteiger partial charge in [-0.3, -0.25) is 0 Å². The van der Waals surface area contributed by atoms with Crippen LogP contribution in [0.15, 0.2) is 12.1 Å². The topological polar surface area (TPSA) is 63.2 Å². The third kappa shape index (κ3) is 5.33. The number of methoxy groups -OCH3 is 3. The second kappa shape index (κ2) is 9.80. The Kier molecular flexibility index (Phi) is 8.40. The van der Waals surface area contributed by atoms with Crippen LogP contribution in [0.4, 0.5) is 0 Å². The Bertz CT molecular complexity index is 434. The van der Waals surface area contributed by atoms with Crippen LogP contribution < -0.4 is 9.47 Å². The molecule has 0 saturated heterocycles. The molecule has 118 valence electrons. The number of rotatable bonds is 9. The van der Waals surface area contributed by atoms with Crippen LogP contribution in [0.5, 0.6) is 11.5 Å². The van der Waals surface area contributed by atoms with Gasteiger partial charge in [0.25, 0.3) is 0 Å². The van der Waals surface area contributed by atoms with Gasteiger partial charge in [0.05, 0.1) is 12.7 Å². The van der Waals surface area contributed by atoms with Crippen molar-refractivity contribution in [2.45, 2.75) is 6.42 Å². The normalized spacial score (nSPS) is 10.3. The maximum Gasteiger partial charge on any atom is 0.338 e. The van der Waals surface area contributed by atoms with Crippen LogP contribution in [-0.4, -0.2) is 45.3 Å². The quantitative estimate of drug-likeness (QED) is 0.270. The standard InChI is InChI=1S/C14H19IO6/c1-17-8-20-12-6-10(14(16)19-3)7-13(21-9-18-2)11(12)4-5-15/h6-7H,4-5,8-9H2,1-3H3. The highest BCUT2D eigenvalue weighted by atomic mass is 127. The largest absolute Gasteiger partial charge is 0.467 e. The second-order valence-corrected chi connectivity index (χ2v) is 5.06. The summed E-state index contributed by atoms with van der Waals surface area (Å²) in [5, 5.41) is 0. The Labute approximate surface area is 137 Å². The van der Waals surface area contributed by atoms with Crippen LogP contribution >= 0.6 is 22.6 Å². The number of hydrogen-bond donors (Lipinski definition) is 0. The third-order valence-electron chi connectivity index (χ3n) is 2.60. The number of halogens is 1. The van der Waals surface area contributed by atoms with E-state index in [0.717, 1.165) is 16.4 Å². The summed E-state index contributed by atoms with van der Waals surface area (Å²) in [6, 6.07) is 3.26. The van der Waals surface area contributed by atoms with Crippen LogP contribution in [0.1, 0.15) is 15.9 Å².